The van der Waals surface area contributed by atoms with Crippen LogP contribution in [0.15, 0.2) is 78.2 Å². The summed E-state index contributed by atoms with van der Waals surface area (Å²) in [4.78, 5) is 16.9. The first kappa shape index (κ1) is 23.5. The zero-order valence-corrected chi connectivity index (χ0v) is 20.2. The molecule has 174 valence electrons. The van der Waals surface area contributed by atoms with E-state index < -0.39 is 0 Å². The van der Waals surface area contributed by atoms with Crippen LogP contribution in [0.3, 0.4) is 0 Å². The third-order valence-corrected chi connectivity index (χ3v) is 6.52. The number of amides is 1. The molecule has 0 aliphatic rings. The Balaban J connectivity index is 1.52. The van der Waals surface area contributed by atoms with Gasteiger partial charge in [0.15, 0.2) is 11.0 Å². The van der Waals surface area contributed by atoms with E-state index in [1.54, 1.807) is 19.5 Å². The van der Waals surface area contributed by atoms with Crippen molar-refractivity contribution in [3.8, 4) is 22.8 Å². The van der Waals surface area contributed by atoms with Crippen LogP contribution in [0.1, 0.15) is 31.7 Å². The largest absolute Gasteiger partial charge is 0.497 e. The zero-order valence-electron chi connectivity index (χ0n) is 19.4. The Morgan fingerprint density at radius 2 is 1.85 bits per heavy atom. The lowest BCUT2D eigenvalue weighted by atomic mass is 9.99. The van der Waals surface area contributed by atoms with E-state index in [0.29, 0.717) is 16.9 Å². The standard InChI is InChI=1S/C26H27N5O2S/c1-4-18(2)19-7-9-21(10-8-19)28-24(32)17-34-26-30-29-25(20-6-5-15-27-16-20)31(26)22-11-13-23(33-3)14-12-22/h5-16,18H,4,17H2,1-3H3,(H,28,32)/t18-/m0/s1. The van der Waals surface area contributed by atoms with Gasteiger partial charge >= 0.3 is 0 Å². The van der Waals surface area contributed by atoms with Gasteiger partial charge in [0, 0.05) is 29.3 Å². The lowest BCUT2D eigenvalue weighted by molar-refractivity contribution is -0.113. The van der Waals surface area contributed by atoms with Gasteiger partial charge in [0.25, 0.3) is 0 Å². The van der Waals surface area contributed by atoms with Crippen molar-refractivity contribution in [2.45, 2.75) is 31.3 Å². The first-order valence-corrected chi connectivity index (χ1v) is 12.1. The maximum atomic E-state index is 12.7. The van der Waals surface area contributed by atoms with Crippen molar-refractivity contribution >= 4 is 23.4 Å². The van der Waals surface area contributed by atoms with Crippen molar-refractivity contribution in [3.05, 3.63) is 78.6 Å². The summed E-state index contributed by atoms with van der Waals surface area (Å²) in [5, 5.41) is 12.3. The Hall–Kier alpha value is -3.65. The molecule has 0 aliphatic heterocycles. The summed E-state index contributed by atoms with van der Waals surface area (Å²) in [5.74, 6) is 2.01. The molecule has 2 heterocycles. The van der Waals surface area contributed by atoms with Gasteiger partial charge in [-0.1, -0.05) is 37.7 Å². The number of rotatable bonds is 9. The molecule has 0 radical (unpaired) electrons. The fraction of sp³-hybridized carbons (Fsp3) is 0.231. The number of aromatic nitrogens is 4. The first-order chi connectivity index (χ1) is 16.6. The molecule has 0 fully saturated rings. The van der Waals surface area contributed by atoms with E-state index in [1.165, 1.54) is 17.3 Å². The predicted molar refractivity (Wildman–Crippen MR) is 136 cm³/mol. The minimum absolute atomic E-state index is 0.103. The average Bonchev–Trinajstić information content (AvgIpc) is 3.32. The minimum atomic E-state index is -0.103. The number of carbonyl (C=O) groups is 1. The third kappa shape index (κ3) is 5.46. The monoisotopic (exact) mass is 473 g/mol. The molecule has 0 aliphatic carbocycles. The summed E-state index contributed by atoms with van der Waals surface area (Å²) < 4.78 is 7.21. The van der Waals surface area contributed by atoms with Crippen LogP contribution < -0.4 is 10.1 Å². The molecule has 34 heavy (non-hydrogen) atoms. The molecular formula is C26H27N5O2S. The van der Waals surface area contributed by atoms with E-state index in [9.17, 15) is 4.79 Å². The number of anilines is 1. The number of methoxy groups -OCH3 is 1. The molecule has 1 N–H and O–H groups in total. The number of carbonyl (C=O) groups excluding carboxylic acids is 1. The molecule has 2 aromatic heterocycles. The summed E-state index contributed by atoms with van der Waals surface area (Å²) in [6.07, 6.45) is 4.54. The number of benzene rings is 2. The summed E-state index contributed by atoms with van der Waals surface area (Å²) >= 11 is 1.33. The van der Waals surface area contributed by atoms with Crippen LogP contribution in [0.4, 0.5) is 5.69 Å². The molecule has 7 nitrogen and oxygen atoms in total. The highest BCUT2D eigenvalue weighted by Crippen LogP contribution is 2.29. The molecule has 0 spiro atoms. The normalized spacial score (nSPS) is 11.7. The molecule has 4 aromatic rings. The highest BCUT2D eigenvalue weighted by atomic mass is 32.2. The van der Waals surface area contributed by atoms with Crippen LogP contribution in [0.5, 0.6) is 5.75 Å². The van der Waals surface area contributed by atoms with Crippen LogP contribution >= 0.6 is 11.8 Å². The highest BCUT2D eigenvalue weighted by molar-refractivity contribution is 7.99. The number of hydrogen-bond donors (Lipinski definition) is 1. The number of nitrogens with zero attached hydrogens (tertiary/aromatic N) is 4. The van der Waals surface area contributed by atoms with Crippen LogP contribution in [0, 0.1) is 0 Å². The quantitative estimate of drug-likeness (QED) is 0.320. The maximum absolute atomic E-state index is 12.7. The van der Waals surface area contributed by atoms with Crippen LogP contribution in [0.25, 0.3) is 17.1 Å². The molecule has 1 atom stereocenters. The third-order valence-electron chi connectivity index (χ3n) is 5.59. The lowest BCUT2D eigenvalue weighted by Gasteiger charge is -2.12. The van der Waals surface area contributed by atoms with Crippen molar-refractivity contribution in [2.24, 2.45) is 0 Å². The van der Waals surface area contributed by atoms with Crippen LogP contribution in [-0.4, -0.2) is 38.5 Å². The lowest BCUT2D eigenvalue weighted by Crippen LogP contribution is -2.14. The summed E-state index contributed by atoms with van der Waals surface area (Å²) in [6, 6.07) is 19.5. The van der Waals surface area contributed by atoms with Crippen molar-refractivity contribution in [1.82, 2.24) is 19.7 Å². The number of thioether (sulfide) groups is 1. The van der Waals surface area contributed by atoms with Gasteiger partial charge in [0.2, 0.25) is 5.91 Å². The van der Waals surface area contributed by atoms with E-state index in [4.69, 9.17) is 4.74 Å². The topological polar surface area (TPSA) is 81.9 Å². The van der Waals surface area contributed by atoms with Gasteiger partial charge in [-0.3, -0.25) is 14.3 Å². The first-order valence-electron chi connectivity index (χ1n) is 11.1. The highest BCUT2D eigenvalue weighted by Gasteiger charge is 2.18. The van der Waals surface area contributed by atoms with Crippen molar-refractivity contribution in [3.63, 3.8) is 0 Å². The van der Waals surface area contributed by atoms with Crippen LogP contribution in [-0.2, 0) is 4.79 Å². The molecule has 8 heteroatoms. The smallest absolute Gasteiger partial charge is 0.234 e. The average molecular weight is 474 g/mol. The van der Waals surface area contributed by atoms with E-state index >= 15 is 0 Å². The Morgan fingerprint density at radius 3 is 2.50 bits per heavy atom. The molecular weight excluding hydrogens is 446 g/mol. The fourth-order valence-corrected chi connectivity index (χ4v) is 4.22. The molecule has 0 saturated carbocycles. The Morgan fingerprint density at radius 1 is 1.09 bits per heavy atom. The van der Waals surface area contributed by atoms with Gasteiger partial charge in [-0.25, -0.2) is 0 Å². The SMILES string of the molecule is CC[C@H](C)c1ccc(NC(=O)CSc2nnc(-c3cccnc3)n2-c2ccc(OC)cc2)cc1. The van der Waals surface area contributed by atoms with Crippen LogP contribution in [0.2, 0.25) is 0 Å². The van der Waals surface area contributed by atoms with Crippen molar-refractivity contribution < 1.29 is 9.53 Å². The van der Waals surface area contributed by atoms with Gasteiger partial charge < -0.3 is 10.1 Å². The van der Waals surface area contributed by atoms with Gasteiger partial charge in [0.1, 0.15) is 5.75 Å². The second kappa shape index (κ2) is 11.0. The number of hydrogen-bond acceptors (Lipinski definition) is 6. The summed E-state index contributed by atoms with van der Waals surface area (Å²) in [5.41, 5.74) is 3.76. The van der Waals surface area contributed by atoms with Gasteiger partial charge in [-0.15, -0.1) is 10.2 Å². The van der Waals surface area contributed by atoms with Crippen molar-refractivity contribution in [2.75, 3.05) is 18.2 Å². The molecule has 4 rings (SSSR count). The zero-order chi connectivity index (χ0) is 23.9. The predicted octanol–water partition coefficient (Wildman–Crippen LogP) is 5.58. The molecule has 2 aromatic carbocycles. The Labute approximate surface area is 203 Å². The minimum Gasteiger partial charge on any atom is -0.497 e. The maximum Gasteiger partial charge on any atom is 0.234 e. The van der Waals surface area contributed by atoms with E-state index in [2.05, 4.69) is 46.5 Å². The van der Waals surface area contributed by atoms with E-state index in [1.807, 2.05) is 53.1 Å². The second-order valence-electron chi connectivity index (χ2n) is 7.85. The number of pyridine rings is 1. The molecule has 0 unspecified atom stereocenters. The second-order valence-corrected chi connectivity index (χ2v) is 8.79. The number of nitrogens with one attached hydrogen (secondary N) is 1. The van der Waals surface area contributed by atoms with E-state index in [0.717, 1.165) is 29.1 Å². The van der Waals surface area contributed by atoms with Gasteiger partial charge in [0.05, 0.1) is 12.9 Å². The van der Waals surface area contributed by atoms with Gasteiger partial charge in [-0.05, 0) is 66.4 Å². The molecule has 1 amide bonds. The molecule has 0 saturated heterocycles. The fourth-order valence-electron chi connectivity index (χ4n) is 3.47. The Bertz CT molecular complexity index is 1220. The Kier molecular flexibility index (Phi) is 7.59. The molecule has 0 bridgehead atoms. The summed E-state index contributed by atoms with van der Waals surface area (Å²) in [6.45, 7) is 4.37. The van der Waals surface area contributed by atoms with Crippen molar-refractivity contribution in [1.29, 1.82) is 0 Å². The summed E-state index contributed by atoms with van der Waals surface area (Å²) in [7, 11) is 1.63. The van der Waals surface area contributed by atoms with Gasteiger partial charge in [-0.2, -0.15) is 0 Å². The van der Waals surface area contributed by atoms with E-state index in [-0.39, 0.29) is 11.7 Å². The number of ether oxygens (including phenoxy) is 1.